The van der Waals surface area contributed by atoms with Crippen LogP contribution in [0, 0.1) is 11.6 Å². The molecule has 0 atom stereocenters. The molecule has 1 fully saturated rings. The number of nitrogens with zero attached hydrogens (tertiary/aromatic N) is 1. The molecule has 1 aliphatic heterocycles. The summed E-state index contributed by atoms with van der Waals surface area (Å²) in [6.07, 6.45) is 2.05. The molecule has 132 valence electrons. The van der Waals surface area contributed by atoms with Crippen LogP contribution in [0.5, 0.6) is 0 Å². The van der Waals surface area contributed by atoms with E-state index in [0.29, 0.717) is 11.1 Å². The summed E-state index contributed by atoms with van der Waals surface area (Å²) in [7, 11) is 0. The molecule has 0 N–H and O–H groups in total. The maximum atomic E-state index is 15.1. The number of hydrogen-bond acceptors (Lipinski definition) is 1. The van der Waals surface area contributed by atoms with Crippen LogP contribution < -0.4 is 0 Å². The fourth-order valence-corrected chi connectivity index (χ4v) is 4.22. The van der Waals surface area contributed by atoms with Crippen LogP contribution in [-0.2, 0) is 5.54 Å². The van der Waals surface area contributed by atoms with E-state index in [0.717, 1.165) is 31.5 Å². The number of hydrogen-bond donors (Lipinski definition) is 0. The summed E-state index contributed by atoms with van der Waals surface area (Å²) in [5, 5.41) is 0. The monoisotopic (exact) mass is 349 g/mol. The Morgan fingerprint density at radius 3 is 1.58 bits per heavy atom. The van der Waals surface area contributed by atoms with Crippen LogP contribution in [0.1, 0.15) is 29.5 Å². The molecule has 1 saturated heterocycles. The smallest absolute Gasteiger partial charge is 0.128 e. The first kappa shape index (κ1) is 16.9. The molecule has 0 unspecified atom stereocenters. The van der Waals surface area contributed by atoms with Gasteiger partial charge >= 0.3 is 0 Å². The first-order valence-electron chi connectivity index (χ1n) is 9.05. The standard InChI is InChI=1S/C23H21F2N/c24-21-14-6-4-12-19(21)23(26-16-8-9-17-26,18-10-2-1-3-11-18)20-13-5-7-15-22(20)25/h1-7,10-15H,8-9,16-17H2. The summed E-state index contributed by atoms with van der Waals surface area (Å²) in [5.74, 6) is -0.627. The van der Waals surface area contributed by atoms with Crippen LogP contribution in [0.4, 0.5) is 8.78 Å². The largest absolute Gasteiger partial charge is 0.286 e. The van der Waals surface area contributed by atoms with E-state index in [4.69, 9.17) is 0 Å². The summed E-state index contributed by atoms with van der Waals surface area (Å²) in [6, 6.07) is 23.2. The van der Waals surface area contributed by atoms with Crippen LogP contribution in [0.3, 0.4) is 0 Å². The second-order valence-corrected chi connectivity index (χ2v) is 6.73. The van der Waals surface area contributed by atoms with Gasteiger partial charge in [-0.25, -0.2) is 8.78 Å². The van der Waals surface area contributed by atoms with Crippen LogP contribution in [0.2, 0.25) is 0 Å². The Bertz CT molecular complexity index is 840. The average Bonchev–Trinajstić information content (AvgIpc) is 3.21. The number of rotatable bonds is 4. The molecule has 3 aromatic carbocycles. The molecule has 26 heavy (non-hydrogen) atoms. The van der Waals surface area contributed by atoms with Crippen molar-refractivity contribution >= 4 is 0 Å². The van der Waals surface area contributed by atoms with Crippen molar-refractivity contribution in [2.24, 2.45) is 0 Å². The molecule has 0 amide bonds. The van der Waals surface area contributed by atoms with Crippen molar-refractivity contribution in [1.82, 2.24) is 4.90 Å². The van der Waals surface area contributed by atoms with Crippen LogP contribution >= 0.6 is 0 Å². The van der Waals surface area contributed by atoms with E-state index in [1.54, 1.807) is 24.3 Å². The summed E-state index contributed by atoms with van der Waals surface area (Å²) in [4.78, 5) is 2.22. The van der Waals surface area contributed by atoms with Crippen molar-refractivity contribution in [1.29, 1.82) is 0 Å². The fraction of sp³-hybridized carbons (Fsp3) is 0.217. The molecule has 0 radical (unpaired) electrons. The Hall–Kier alpha value is -2.52. The third-order valence-corrected chi connectivity index (χ3v) is 5.30. The zero-order chi connectivity index (χ0) is 18.0. The SMILES string of the molecule is Fc1ccccc1C(c1ccccc1)(c1ccccc1F)N1CCCC1. The van der Waals surface area contributed by atoms with Crippen molar-refractivity contribution in [3.63, 3.8) is 0 Å². The third kappa shape index (κ3) is 2.63. The molecule has 1 aliphatic rings. The van der Waals surface area contributed by atoms with Gasteiger partial charge in [0.25, 0.3) is 0 Å². The van der Waals surface area contributed by atoms with Gasteiger partial charge in [0.05, 0.1) is 0 Å². The molecule has 4 rings (SSSR count). The van der Waals surface area contributed by atoms with Gasteiger partial charge in [0.15, 0.2) is 0 Å². The van der Waals surface area contributed by atoms with Crippen molar-refractivity contribution in [3.05, 3.63) is 107 Å². The van der Waals surface area contributed by atoms with E-state index in [1.165, 1.54) is 12.1 Å². The fourth-order valence-electron chi connectivity index (χ4n) is 4.22. The molecule has 0 saturated carbocycles. The van der Waals surface area contributed by atoms with Crippen molar-refractivity contribution in [2.75, 3.05) is 13.1 Å². The number of halogens is 2. The van der Waals surface area contributed by atoms with Gasteiger partial charge in [-0.05, 0) is 43.6 Å². The van der Waals surface area contributed by atoms with E-state index < -0.39 is 5.54 Å². The minimum Gasteiger partial charge on any atom is -0.286 e. The lowest BCUT2D eigenvalue weighted by atomic mass is 9.75. The first-order valence-corrected chi connectivity index (χ1v) is 9.05. The Kier molecular flexibility index (Phi) is 4.56. The van der Waals surface area contributed by atoms with Crippen molar-refractivity contribution < 1.29 is 8.78 Å². The van der Waals surface area contributed by atoms with E-state index in [2.05, 4.69) is 4.90 Å². The normalized spacial score (nSPS) is 15.3. The predicted octanol–water partition coefficient (Wildman–Crippen LogP) is 5.35. The Morgan fingerprint density at radius 1 is 0.615 bits per heavy atom. The lowest BCUT2D eigenvalue weighted by molar-refractivity contribution is 0.189. The molecule has 0 aliphatic carbocycles. The molecule has 1 heterocycles. The molecule has 0 aromatic heterocycles. The van der Waals surface area contributed by atoms with Crippen LogP contribution in [-0.4, -0.2) is 18.0 Å². The van der Waals surface area contributed by atoms with Gasteiger partial charge in [0, 0.05) is 11.1 Å². The number of likely N-dealkylation sites (tertiary alicyclic amines) is 1. The maximum Gasteiger partial charge on any atom is 0.128 e. The number of benzene rings is 3. The van der Waals surface area contributed by atoms with E-state index in [-0.39, 0.29) is 11.6 Å². The van der Waals surface area contributed by atoms with E-state index in [1.807, 2.05) is 42.5 Å². The lowest BCUT2D eigenvalue weighted by Gasteiger charge is -2.43. The Balaban J connectivity index is 2.11. The highest BCUT2D eigenvalue weighted by Crippen LogP contribution is 2.45. The molecule has 0 bridgehead atoms. The molecule has 1 nitrogen and oxygen atoms in total. The second-order valence-electron chi connectivity index (χ2n) is 6.73. The van der Waals surface area contributed by atoms with Crippen LogP contribution in [0.15, 0.2) is 78.9 Å². The summed E-state index contributed by atoms with van der Waals surface area (Å²) >= 11 is 0. The Morgan fingerprint density at radius 2 is 1.08 bits per heavy atom. The highest BCUT2D eigenvalue weighted by molar-refractivity contribution is 5.50. The topological polar surface area (TPSA) is 3.24 Å². The van der Waals surface area contributed by atoms with Gasteiger partial charge in [0.1, 0.15) is 17.2 Å². The molecule has 0 spiro atoms. The van der Waals surface area contributed by atoms with Gasteiger partial charge < -0.3 is 0 Å². The molecule has 3 heteroatoms. The highest BCUT2D eigenvalue weighted by Gasteiger charge is 2.46. The quantitative estimate of drug-likeness (QED) is 0.574. The van der Waals surface area contributed by atoms with Gasteiger partial charge in [0.2, 0.25) is 0 Å². The summed E-state index contributed by atoms with van der Waals surface area (Å²) in [6.45, 7) is 1.61. The molecule has 3 aromatic rings. The minimum atomic E-state index is -0.978. The molecular formula is C23H21F2N. The zero-order valence-electron chi connectivity index (χ0n) is 14.5. The third-order valence-electron chi connectivity index (χ3n) is 5.30. The summed E-state index contributed by atoms with van der Waals surface area (Å²) in [5.41, 5.74) is 0.905. The predicted molar refractivity (Wildman–Crippen MR) is 99.9 cm³/mol. The first-order chi connectivity index (χ1) is 12.7. The van der Waals surface area contributed by atoms with Gasteiger partial charge in [-0.1, -0.05) is 66.7 Å². The minimum absolute atomic E-state index is 0.313. The second kappa shape index (κ2) is 7.00. The van der Waals surface area contributed by atoms with Crippen LogP contribution in [0.25, 0.3) is 0 Å². The Labute approximate surface area is 152 Å². The highest BCUT2D eigenvalue weighted by atomic mass is 19.1. The van der Waals surface area contributed by atoms with Crippen molar-refractivity contribution in [2.45, 2.75) is 18.4 Å². The zero-order valence-corrected chi connectivity index (χ0v) is 14.5. The maximum absolute atomic E-state index is 15.1. The summed E-state index contributed by atoms with van der Waals surface area (Å²) < 4.78 is 30.2. The average molecular weight is 349 g/mol. The van der Waals surface area contributed by atoms with Gasteiger partial charge in [-0.3, -0.25) is 4.90 Å². The lowest BCUT2D eigenvalue weighted by Crippen LogP contribution is -2.47. The van der Waals surface area contributed by atoms with E-state index >= 15 is 8.78 Å². The molecular weight excluding hydrogens is 328 g/mol. The van der Waals surface area contributed by atoms with Gasteiger partial charge in [-0.15, -0.1) is 0 Å². The van der Waals surface area contributed by atoms with Crippen molar-refractivity contribution in [3.8, 4) is 0 Å². The van der Waals surface area contributed by atoms with Gasteiger partial charge in [-0.2, -0.15) is 0 Å². The van der Waals surface area contributed by atoms with E-state index in [9.17, 15) is 0 Å².